The van der Waals surface area contributed by atoms with Crippen molar-refractivity contribution in [2.75, 3.05) is 4.90 Å². The van der Waals surface area contributed by atoms with Gasteiger partial charge in [-0.3, -0.25) is 9.69 Å². The van der Waals surface area contributed by atoms with Crippen molar-refractivity contribution in [1.29, 1.82) is 0 Å². The third kappa shape index (κ3) is 3.83. The topological polar surface area (TPSA) is 71.9 Å². The van der Waals surface area contributed by atoms with Gasteiger partial charge in [0.15, 0.2) is 16.0 Å². The molecule has 0 fully saturated rings. The number of carbonyl (C=O) groups excluding carboxylic acids is 1. The number of rotatable bonds is 5. The predicted molar refractivity (Wildman–Crippen MR) is 125 cm³/mol. The highest BCUT2D eigenvalue weighted by atomic mass is 32.1. The van der Waals surface area contributed by atoms with Crippen LogP contribution in [-0.4, -0.2) is 25.8 Å². The van der Waals surface area contributed by atoms with E-state index < -0.39 is 0 Å². The summed E-state index contributed by atoms with van der Waals surface area (Å²) >= 11 is 2.83. The molecule has 0 radical (unpaired) electrons. The van der Waals surface area contributed by atoms with Crippen molar-refractivity contribution in [3.63, 3.8) is 0 Å². The molecular formula is C23H17N5OS2. The Bertz CT molecular complexity index is 1310. The van der Waals surface area contributed by atoms with Gasteiger partial charge in [0.2, 0.25) is 0 Å². The summed E-state index contributed by atoms with van der Waals surface area (Å²) in [5.41, 5.74) is 3.16. The number of aromatic nitrogens is 4. The van der Waals surface area contributed by atoms with Gasteiger partial charge in [-0.15, -0.1) is 11.3 Å². The summed E-state index contributed by atoms with van der Waals surface area (Å²) in [7, 11) is 0. The lowest BCUT2D eigenvalue weighted by Crippen LogP contribution is -2.26. The van der Waals surface area contributed by atoms with Crippen LogP contribution >= 0.6 is 22.7 Å². The maximum absolute atomic E-state index is 13.6. The number of amides is 1. The molecule has 0 aliphatic heterocycles. The van der Waals surface area contributed by atoms with Crippen LogP contribution in [-0.2, 0) is 6.42 Å². The highest BCUT2D eigenvalue weighted by Crippen LogP contribution is 2.35. The van der Waals surface area contributed by atoms with Crippen molar-refractivity contribution < 1.29 is 4.79 Å². The monoisotopic (exact) mass is 443 g/mol. The van der Waals surface area contributed by atoms with Crippen molar-refractivity contribution in [3.8, 4) is 10.8 Å². The molecule has 5 rings (SSSR count). The van der Waals surface area contributed by atoms with Gasteiger partial charge in [0.1, 0.15) is 5.69 Å². The molecule has 0 aliphatic rings. The zero-order chi connectivity index (χ0) is 21.2. The van der Waals surface area contributed by atoms with Gasteiger partial charge in [0.25, 0.3) is 5.91 Å². The van der Waals surface area contributed by atoms with Crippen LogP contribution in [0.15, 0.2) is 72.4 Å². The molecule has 6 nitrogen and oxygen atoms in total. The summed E-state index contributed by atoms with van der Waals surface area (Å²) in [6.45, 7) is 2.11. The Hall–Kier alpha value is -3.49. The van der Waals surface area contributed by atoms with Crippen LogP contribution in [0.25, 0.3) is 21.0 Å². The standard InChI is InChI=1S/C23H17N5OS2/c1-2-15-8-10-16(11-9-15)28(23-27-17-6-3-4-7-19(17)31-23)22(29)18-14-30-21(26-18)20-24-12-5-13-25-20/h3-14H,2H2,1H3. The minimum Gasteiger partial charge on any atom is -0.266 e. The Balaban J connectivity index is 1.58. The first-order valence-electron chi connectivity index (χ1n) is 9.75. The van der Waals surface area contributed by atoms with Gasteiger partial charge in [0.05, 0.1) is 15.9 Å². The van der Waals surface area contributed by atoms with E-state index >= 15 is 0 Å². The van der Waals surface area contributed by atoms with Crippen molar-refractivity contribution in [3.05, 3.63) is 83.6 Å². The summed E-state index contributed by atoms with van der Waals surface area (Å²) in [6.07, 6.45) is 4.25. The molecule has 0 unspecified atom stereocenters. The normalized spacial score (nSPS) is 11.0. The van der Waals surface area contributed by atoms with Crippen molar-refractivity contribution >= 4 is 49.6 Å². The number of hydrogen-bond acceptors (Lipinski definition) is 7. The van der Waals surface area contributed by atoms with Crippen molar-refractivity contribution in [2.24, 2.45) is 0 Å². The Morgan fingerprint density at radius 2 is 1.74 bits per heavy atom. The second-order valence-corrected chi connectivity index (χ2v) is 8.60. The molecule has 8 heteroatoms. The second-order valence-electron chi connectivity index (χ2n) is 6.74. The van der Waals surface area contributed by atoms with Crippen LogP contribution in [0.4, 0.5) is 10.8 Å². The van der Waals surface area contributed by atoms with Gasteiger partial charge in [-0.05, 0) is 42.3 Å². The Morgan fingerprint density at radius 1 is 0.968 bits per heavy atom. The van der Waals surface area contributed by atoms with Crippen LogP contribution in [0.2, 0.25) is 0 Å². The fourth-order valence-corrected chi connectivity index (χ4v) is 4.87. The van der Waals surface area contributed by atoms with Gasteiger partial charge in [0, 0.05) is 17.8 Å². The summed E-state index contributed by atoms with van der Waals surface area (Å²) in [5, 5.41) is 2.96. The minimum atomic E-state index is -0.235. The number of benzene rings is 2. The second kappa shape index (κ2) is 8.33. The van der Waals surface area contributed by atoms with Crippen molar-refractivity contribution in [2.45, 2.75) is 13.3 Å². The zero-order valence-corrected chi connectivity index (χ0v) is 18.2. The number of thiazole rings is 2. The number of anilines is 2. The number of hydrogen-bond donors (Lipinski definition) is 0. The highest BCUT2D eigenvalue weighted by Gasteiger charge is 2.25. The first-order chi connectivity index (χ1) is 15.2. The van der Waals surface area contributed by atoms with E-state index in [1.165, 1.54) is 28.2 Å². The first-order valence-corrected chi connectivity index (χ1v) is 11.4. The largest absolute Gasteiger partial charge is 0.284 e. The smallest absolute Gasteiger partial charge is 0.266 e. The number of nitrogens with zero attached hydrogens (tertiary/aromatic N) is 5. The maximum Gasteiger partial charge on any atom is 0.284 e. The molecule has 31 heavy (non-hydrogen) atoms. The quantitative estimate of drug-likeness (QED) is 0.346. The van der Waals surface area contributed by atoms with E-state index in [2.05, 4.69) is 21.9 Å². The fraction of sp³-hybridized carbons (Fsp3) is 0.0870. The van der Waals surface area contributed by atoms with E-state index in [0.717, 1.165) is 22.3 Å². The lowest BCUT2D eigenvalue weighted by Gasteiger charge is -2.19. The number of para-hydroxylation sites is 1. The summed E-state index contributed by atoms with van der Waals surface area (Å²) < 4.78 is 1.03. The predicted octanol–water partition coefficient (Wildman–Crippen LogP) is 5.75. The average molecular weight is 444 g/mol. The summed E-state index contributed by atoms with van der Waals surface area (Å²) in [6, 6.07) is 17.6. The van der Waals surface area contributed by atoms with Crippen LogP contribution < -0.4 is 4.90 Å². The molecule has 152 valence electrons. The maximum atomic E-state index is 13.6. The molecule has 3 aromatic heterocycles. The van der Waals surface area contributed by atoms with Gasteiger partial charge in [-0.25, -0.2) is 19.9 Å². The Morgan fingerprint density at radius 3 is 2.48 bits per heavy atom. The van der Waals surface area contributed by atoms with Crippen LogP contribution in [0, 0.1) is 0 Å². The SMILES string of the molecule is CCc1ccc(N(C(=O)c2csc(-c3ncccn3)n2)c2nc3ccccc3s2)cc1. The average Bonchev–Trinajstić information content (AvgIpc) is 3.48. The molecule has 0 saturated carbocycles. The minimum absolute atomic E-state index is 0.235. The van der Waals surface area contributed by atoms with E-state index in [0.29, 0.717) is 21.7 Å². The first kappa shape index (κ1) is 19.5. The molecular weight excluding hydrogens is 426 g/mol. The zero-order valence-electron chi connectivity index (χ0n) is 16.6. The van der Waals surface area contributed by atoms with Gasteiger partial charge < -0.3 is 0 Å². The molecule has 3 heterocycles. The lowest BCUT2D eigenvalue weighted by molar-refractivity contribution is 0.0995. The number of aryl methyl sites for hydroxylation is 1. The summed E-state index contributed by atoms with van der Waals surface area (Å²) in [4.78, 5) is 33.0. The Kier molecular flexibility index (Phi) is 5.23. The van der Waals surface area contributed by atoms with E-state index in [1.807, 2.05) is 48.5 Å². The van der Waals surface area contributed by atoms with E-state index in [9.17, 15) is 4.79 Å². The lowest BCUT2D eigenvalue weighted by atomic mass is 10.1. The van der Waals surface area contributed by atoms with Gasteiger partial charge >= 0.3 is 0 Å². The van der Waals surface area contributed by atoms with E-state index in [4.69, 9.17) is 4.98 Å². The van der Waals surface area contributed by atoms with Crippen molar-refractivity contribution in [1.82, 2.24) is 19.9 Å². The Labute approximate surface area is 186 Å². The van der Waals surface area contributed by atoms with Gasteiger partial charge in [-0.1, -0.05) is 42.5 Å². The highest BCUT2D eigenvalue weighted by molar-refractivity contribution is 7.22. The molecule has 0 atom stereocenters. The third-order valence-corrected chi connectivity index (χ3v) is 6.62. The summed E-state index contributed by atoms with van der Waals surface area (Å²) in [5.74, 6) is 0.270. The fourth-order valence-electron chi connectivity index (χ4n) is 3.15. The number of carbonyl (C=O) groups is 1. The van der Waals surface area contributed by atoms with E-state index in [-0.39, 0.29) is 5.91 Å². The molecule has 0 saturated heterocycles. The third-order valence-electron chi connectivity index (χ3n) is 4.76. The molecule has 0 bridgehead atoms. The van der Waals surface area contributed by atoms with Crippen LogP contribution in [0.5, 0.6) is 0 Å². The number of fused-ring (bicyclic) bond motifs is 1. The molecule has 0 spiro atoms. The molecule has 0 N–H and O–H groups in total. The molecule has 2 aromatic carbocycles. The van der Waals surface area contributed by atoms with E-state index in [1.54, 1.807) is 28.7 Å². The molecule has 1 amide bonds. The molecule has 0 aliphatic carbocycles. The van der Waals surface area contributed by atoms with Gasteiger partial charge in [-0.2, -0.15) is 0 Å². The van der Waals surface area contributed by atoms with Crippen LogP contribution in [0.3, 0.4) is 0 Å². The van der Waals surface area contributed by atoms with Crippen LogP contribution in [0.1, 0.15) is 23.0 Å². The molecule has 5 aromatic rings.